The van der Waals surface area contributed by atoms with Crippen molar-refractivity contribution in [1.29, 1.82) is 0 Å². The molecule has 0 saturated carbocycles. The second kappa shape index (κ2) is 7.62. The molecule has 2 heterocycles. The standard InChI is InChI=1S/C36H20N2O/c1-2-9-21(10-3-1)35-27-13-6-7-15-29(27)37-36(38-35)23-18-17-22-20-31-34-32(28(22)19-23)25-12-5-4-11-24(25)26-14-8-16-30(39-31)33(26)34/h1-20H. The van der Waals surface area contributed by atoms with E-state index >= 15 is 0 Å². The molecule has 0 fully saturated rings. The summed E-state index contributed by atoms with van der Waals surface area (Å²) in [6.07, 6.45) is 0. The molecule has 0 aliphatic carbocycles. The van der Waals surface area contributed by atoms with E-state index in [1.54, 1.807) is 0 Å². The fourth-order valence-electron chi connectivity index (χ4n) is 6.29. The third kappa shape index (κ3) is 2.87. The minimum atomic E-state index is 0.726. The van der Waals surface area contributed by atoms with E-state index in [-0.39, 0.29) is 0 Å². The van der Waals surface area contributed by atoms with Crippen molar-refractivity contribution < 1.29 is 4.42 Å². The Hall–Kier alpha value is -5.28. The number of hydrogen-bond acceptors (Lipinski definition) is 3. The van der Waals surface area contributed by atoms with Gasteiger partial charge in [0, 0.05) is 32.7 Å². The van der Waals surface area contributed by atoms with Gasteiger partial charge in [-0.25, -0.2) is 9.97 Å². The summed E-state index contributed by atoms with van der Waals surface area (Å²) in [5.41, 5.74) is 5.83. The van der Waals surface area contributed by atoms with Crippen molar-refractivity contribution in [2.24, 2.45) is 0 Å². The predicted molar refractivity (Wildman–Crippen MR) is 161 cm³/mol. The third-order valence-corrected chi connectivity index (χ3v) is 8.00. The Labute approximate surface area is 223 Å². The molecule has 0 radical (unpaired) electrons. The average Bonchev–Trinajstić information content (AvgIpc) is 3.38. The number of nitrogens with zero attached hydrogens (tertiary/aromatic N) is 2. The molecule has 0 bridgehead atoms. The van der Waals surface area contributed by atoms with Crippen LogP contribution in [0.25, 0.3) is 87.8 Å². The fraction of sp³-hybridized carbons (Fsp3) is 0. The lowest BCUT2D eigenvalue weighted by molar-refractivity contribution is 0.670. The number of para-hydroxylation sites is 1. The van der Waals surface area contributed by atoms with Gasteiger partial charge in [0.2, 0.25) is 0 Å². The fourth-order valence-corrected chi connectivity index (χ4v) is 6.29. The number of aromatic nitrogens is 2. The van der Waals surface area contributed by atoms with E-state index in [4.69, 9.17) is 14.4 Å². The lowest BCUT2D eigenvalue weighted by atomic mass is 9.90. The van der Waals surface area contributed by atoms with Crippen LogP contribution in [0.4, 0.5) is 0 Å². The van der Waals surface area contributed by atoms with Gasteiger partial charge in [0.1, 0.15) is 11.2 Å². The van der Waals surface area contributed by atoms with Crippen molar-refractivity contribution in [3.63, 3.8) is 0 Å². The molecule has 9 rings (SSSR count). The third-order valence-electron chi connectivity index (χ3n) is 8.00. The van der Waals surface area contributed by atoms with Crippen LogP contribution in [-0.4, -0.2) is 9.97 Å². The predicted octanol–water partition coefficient (Wildman–Crippen LogP) is 9.76. The zero-order valence-corrected chi connectivity index (χ0v) is 20.8. The van der Waals surface area contributed by atoms with Gasteiger partial charge in [-0.05, 0) is 51.2 Å². The maximum Gasteiger partial charge on any atom is 0.160 e. The zero-order valence-electron chi connectivity index (χ0n) is 20.8. The van der Waals surface area contributed by atoms with Gasteiger partial charge in [-0.3, -0.25) is 0 Å². The number of fused-ring (bicyclic) bond motifs is 6. The van der Waals surface area contributed by atoms with Crippen LogP contribution >= 0.6 is 0 Å². The topological polar surface area (TPSA) is 38.9 Å². The maximum atomic E-state index is 6.40. The highest BCUT2D eigenvalue weighted by Crippen LogP contribution is 2.45. The second-order valence-electron chi connectivity index (χ2n) is 10.2. The lowest BCUT2D eigenvalue weighted by Gasteiger charge is -2.12. The van der Waals surface area contributed by atoms with Gasteiger partial charge in [-0.1, -0.05) is 97.1 Å². The van der Waals surface area contributed by atoms with Crippen molar-refractivity contribution in [2.75, 3.05) is 0 Å². The maximum absolute atomic E-state index is 6.40. The van der Waals surface area contributed by atoms with E-state index < -0.39 is 0 Å². The Bertz CT molecular complexity index is 2390. The molecule has 0 aliphatic rings. The van der Waals surface area contributed by atoms with E-state index in [0.29, 0.717) is 0 Å². The van der Waals surface area contributed by atoms with Crippen LogP contribution < -0.4 is 0 Å². The SMILES string of the molecule is c1ccc(-c2nc(-c3ccc4cc5oc6cccc7c8ccccc8c(c4c3)c5c67)nc3ccccc23)cc1. The van der Waals surface area contributed by atoms with Crippen LogP contribution in [0.2, 0.25) is 0 Å². The molecule has 9 aromatic rings. The van der Waals surface area contributed by atoms with Crippen LogP contribution in [-0.2, 0) is 0 Å². The Kier molecular flexibility index (Phi) is 4.05. The lowest BCUT2D eigenvalue weighted by Crippen LogP contribution is -1.95. The highest BCUT2D eigenvalue weighted by Gasteiger charge is 2.20. The smallest absolute Gasteiger partial charge is 0.160 e. The van der Waals surface area contributed by atoms with Crippen molar-refractivity contribution >= 4 is 65.2 Å². The molecule has 0 saturated heterocycles. The molecule has 0 atom stereocenters. The number of rotatable bonds is 2. The molecule has 2 aromatic heterocycles. The Morgan fingerprint density at radius 2 is 1.18 bits per heavy atom. The van der Waals surface area contributed by atoms with Gasteiger partial charge in [-0.15, -0.1) is 0 Å². The number of hydrogen-bond donors (Lipinski definition) is 0. The molecule has 7 aromatic carbocycles. The summed E-state index contributed by atoms with van der Waals surface area (Å²) in [6.45, 7) is 0. The molecule has 0 unspecified atom stereocenters. The van der Waals surface area contributed by atoms with Crippen molar-refractivity contribution in [3.05, 3.63) is 121 Å². The highest BCUT2D eigenvalue weighted by atomic mass is 16.3. The van der Waals surface area contributed by atoms with Gasteiger partial charge < -0.3 is 4.42 Å². The first-order valence-corrected chi connectivity index (χ1v) is 13.2. The van der Waals surface area contributed by atoms with Crippen molar-refractivity contribution in [3.8, 4) is 22.6 Å². The summed E-state index contributed by atoms with van der Waals surface area (Å²) in [6, 6.07) is 42.4. The van der Waals surface area contributed by atoms with Gasteiger partial charge >= 0.3 is 0 Å². The zero-order chi connectivity index (χ0) is 25.5. The highest BCUT2D eigenvalue weighted by molar-refractivity contribution is 6.38. The molecule has 3 heteroatoms. The average molecular weight is 497 g/mol. The van der Waals surface area contributed by atoms with Gasteiger partial charge in [-0.2, -0.15) is 0 Å². The van der Waals surface area contributed by atoms with Gasteiger partial charge in [0.15, 0.2) is 5.82 Å². The van der Waals surface area contributed by atoms with Gasteiger partial charge in [0.05, 0.1) is 11.2 Å². The van der Waals surface area contributed by atoms with E-state index in [2.05, 4.69) is 103 Å². The molecular weight excluding hydrogens is 476 g/mol. The second-order valence-corrected chi connectivity index (χ2v) is 10.2. The first-order chi connectivity index (χ1) is 19.3. The van der Waals surface area contributed by atoms with Crippen LogP contribution in [0, 0.1) is 0 Å². The van der Waals surface area contributed by atoms with E-state index in [1.807, 2.05) is 18.2 Å². The molecule has 3 nitrogen and oxygen atoms in total. The summed E-state index contributed by atoms with van der Waals surface area (Å²) in [5, 5.41) is 10.7. The first kappa shape index (κ1) is 20.7. The van der Waals surface area contributed by atoms with Crippen molar-refractivity contribution in [2.45, 2.75) is 0 Å². The van der Waals surface area contributed by atoms with Crippen molar-refractivity contribution in [1.82, 2.24) is 9.97 Å². The minimum Gasteiger partial charge on any atom is -0.456 e. The largest absolute Gasteiger partial charge is 0.456 e. The molecule has 180 valence electrons. The Morgan fingerprint density at radius 3 is 2.08 bits per heavy atom. The molecule has 0 aliphatic heterocycles. The first-order valence-electron chi connectivity index (χ1n) is 13.2. The normalized spacial score (nSPS) is 12.1. The van der Waals surface area contributed by atoms with E-state index in [1.165, 1.54) is 37.7 Å². The molecular formula is C36H20N2O. The van der Waals surface area contributed by atoms with Crippen LogP contribution in [0.5, 0.6) is 0 Å². The molecule has 0 spiro atoms. The van der Waals surface area contributed by atoms with E-state index in [9.17, 15) is 0 Å². The molecule has 39 heavy (non-hydrogen) atoms. The Morgan fingerprint density at radius 1 is 0.436 bits per heavy atom. The summed E-state index contributed by atoms with van der Waals surface area (Å²) < 4.78 is 6.40. The monoisotopic (exact) mass is 496 g/mol. The summed E-state index contributed by atoms with van der Waals surface area (Å²) in [5.74, 6) is 0.726. The number of furan rings is 1. The molecule has 0 N–H and O–H groups in total. The van der Waals surface area contributed by atoms with E-state index in [0.717, 1.165) is 50.1 Å². The summed E-state index contributed by atoms with van der Waals surface area (Å²) in [4.78, 5) is 10.2. The number of benzene rings is 7. The molecule has 0 amide bonds. The summed E-state index contributed by atoms with van der Waals surface area (Å²) >= 11 is 0. The quantitative estimate of drug-likeness (QED) is 0.224. The van der Waals surface area contributed by atoms with Crippen LogP contribution in [0.3, 0.4) is 0 Å². The Balaban J connectivity index is 1.40. The minimum absolute atomic E-state index is 0.726. The van der Waals surface area contributed by atoms with Crippen LogP contribution in [0.1, 0.15) is 0 Å². The van der Waals surface area contributed by atoms with Crippen LogP contribution in [0.15, 0.2) is 126 Å². The van der Waals surface area contributed by atoms with Gasteiger partial charge in [0.25, 0.3) is 0 Å². The summed E-state index contributed by atoms with van der Waals surface area (Å²) in [7, 11) is 0.